The number of unbranched alkanes of at least 4 members (excludes halogenated alkanes) is 1. The lowest BCUT2D eigenvalue weighted by Crippen LogP contribution is -2.48. The van der Waals surface area contributed by atoms with E-state index in [1.165, 1.54) is 0 Å². The second-order valence-corrected chi connectivity index (χ2v) is 7.85. The van der Waals surface area contributed by atoms with Gasteiger partial charge in [-0.15, -0.1) is 10.2 Å². The molecule has 1 fully saturated rings. The average Bonchev–Trinajstić information content (AvgIpc) is 3.25. The third kappa shape index (κ3) is 5.24. The largest absolute Gasteiger partial charge is 0.496 e. The molecule has 1 saturated heterocycles. The Labute approximate surface area is 184 Å². The third-order valence-corrected chi connectivity index (χ3v) is 5.94. The molecule has 2 heterocycles. The number of ether oxygens (including phenoxy) is 1. The number of carbonyl (C=O) groups is 2. The highest BCUT2D eigenvalue weighted by molar-refractivity contribution is 5.85. The van der Waals surface area contributed by atoms with Crippen molar-refractivity contribution in [1.29, 1.82) is 0 Å². The zero-order valence-electron chi connectivity index (χ0n) is 18.7. The minimum atomic E-state index is -0.330. The fourth-order valence-electron chi connectivity index (χ4n) is 4.28. The number of likely N-dealkylation sites (tertiary alicyclic amines) is 1. The molecule has 168 valence electrons. The summed E-state index contributed by atoms with van der Waals surface area (Å²) in [4.78, 5) is 28.0. The number of para-hydroxylation sites is 1. The zero-order chi connectivity index (χ0) is 22.2. The van der Waals surface area contributed by atoms with Crippen LogP contribution in [-0.2, 0) is 22.6 Å². The summed E-state index contributed by atoms with van der Waals surface area (Å²) in [6, 6.07) is 7.36. The Kier molecular flexibility index (Phi) is 8.03. The molecule has 0 bridgehead atoms. The first-order valence-electron chi connectivity index (χ1n) is 11.2. The van der Waals surface area contributed by atoms with Gasteiger partial charge in [-0.2, -0.15) is 0 Å². The third-order valence-electron chi connectivity index (χ3n) is 5.94. The van der Waals surface area contributed by atoms with E-state index in [-0.39, 0.29) is 23.8 Å². The van der Waals surface area contributed by atoms with Gasteiger partial charge in [0.15, 0.2) is 0 Å². The molecule has 31 heavy (non-hydrogen) atoms. The van der Waals surface area contributed by atoms with Crippen LogP contribution in [0.25, 0.3) is 0 Å². The topological polar surface area (TPSA) is 89.4 Å². The van der Waals surface area contributed by atoms with Gasteiger partial charge >= 0.3 is 0 Å². The second kappa shape index (κ2) is 10.9. The lowest BCUT2D eigenvalue weighted by atomic mass is 9.83. The molecule has 3 rings (SSSR count). The number of rotatable bonds is 10. The second-order valence-electron chi connectivity index (χ2n) is 7.85. The Balaban J connectivity index is 1.80. The summed E-state index contributed by atoms with van der Waals surface area (Å²) in [5, 5.41) is 11.1. The van der Waals surface area contributed by atoms with Gasteiger partial charge in [-0.25, -0.2) is 0 Å². The Morgan fingerprint density at radius 3 is 2.84 bits per heavy atom. The lowest BCUT2D eigenvalue weighted by molar-refractivity contribution is -0.143. The lowest BCUT2D eigenvalue weighted by Gasteiger charge is -2.41. The average molecular weight is 428 g/mol. The van der Waals surface area contributed by atoms with E-state index >= 15 is 0 Å². The maximum absolute atomic E-state index is 13.3. The van der Waals surface area contributed by atoms with E-state index in [1.54, 1.807) is 13.4 Å². The molecule has 2 amide bonds. The summed E-state index contributed by atoms with van der Waals surface area (Å²) in [7, 11) is 1.62. The van der Waals surface area contributed by atoms with Crippen LogP contribution in [0.4, 0.5) is 0 Å². The molecule has 1 aromatic carbocycles. The van der Waals surface area contributed by atoms with Crippen molar-refractivity contribution in [3.63, 3.8) is 0 Å². The van der Waals surface area contributed by atoms with Gasteiger partial charge in [0.2, 0.25) is 11.8 Å². The fraction of sp³-hybridized carbons (Fsp3) is 0.565. The normalized spacial score (nSPS) is 18.8. The van der Waals surface area contributed by atoms with Gasteiger partial charge in [-0.1, -0.05) is 31.5 Å². The van der Waals surface area contributed by atoms with Crippen molar-refractivity contribution >= 4 is 11.8 Å². The summed E-state index contributed by atoms with van der Waals surface area (Å²) in [6.45, 7) is 6.05. The highest BCUT2D eigenvalue weighted by atomic mass is 16.5. The Hall–Kier alpha value is -2.90. The highest BCUT2D eigenvalue weighted by Gasteiger charge is 2.41. The van der Waals surface area contributed by atoms with Gasteiger partial charge in [-0.3, -0.25) is 9.59 Å². The summed E-state index contributed by atoms with van der Waals surface area (Å²) in [5.41, 5.74) is 0.889. The van der Waals surface area contributed by atoms with Crippen LogP contribution in [0.5, 0.6) is 5.75 Å². The molecule has 1 N–H and O–H groups in total. The predicted molar refractivity (Wildman–Crippen MR) is 117 cm³/mol. The van der Waals surface area contributed by atoms with Gasteiger partial charge in [0, 0.05) is 38.0 Å². The summed E-state index contributed by atoms with van der Waals surface area (Å²) < 4.78 is 7.55. The molecule has 0 aliphatic carbocycles. The van der Waals surface area contributed by atoms with Crippen LogP contribution in [0.2, 0.25) is 0 Å². The van der Waals surface area contributed by atoms with E-state index in [0.29, 0.717) is 38.1 Å². The number of nitrogens with zero attached hydrogens (tertiary/aromatic N) is 4. The molecule has 1 aromatic heterocycles. The number of benzene rings is 1. The van der Waals surface area contributed by atoms with Crippen molar-refractivity contribution in [2.24, 2.45) is 5.92 Å². The molecular weight excluding hydrogens is 394 g/mol. The van der Waals surface area contributed by atoms with Crippen LogP contribution < -0.4 is 10.1 Å². The molecule has 2 aromatic rings. The molecule has 1 aliphatic rings. The van der Waals surface area contributed by atoms with Crippen LogP contribution in [0.15, 0.2) is 30.6 Å². The van der Waals surface area contributed by atoms with Crippen molar-refractivity contribution in [2.45, 2.75) is 58.5 Å². The Morgan fingerprint density at radius 2 is 2.10 bits per heavy atom. The zero-order valence-corrected chi connectivity index (χ0v) is 18.7. The molecule has 0 radical (unpaired) electrons. The minimum Gasteiger partial charge on any atom is -0.496 e. The Morgan fingerprint density at radius 1 is 1.29 bits per heavy atom. The number of methoxy groups -OCH3 is 1. The van der Waals surface area contributed by atoms with E-state index in [0.717, 1.165) is 30.8 Å². The first-order chi connectivity index (χ1) is 15.1. The van der Waals surface area contributed by atoms with E-state index in [9.17, 15) is 9.59 Å². The first kappa shape index (κ1) is 22.8. The van der Waals surface area contributed by atoms with Crippen molar-refractivity contribution < 1.29 is 14.3 Å². The summed E-state index contributed by atoms with van der Waals surface area (Å²) >= 11 is 0. The fourth-order valence-corrected chi connectivity index (χ4v) is 4.28. The van der Waals surface area contributed by atoms with Gasteiger partial charge in [0.1, 0.15) is 17.9 Å². The van der Waals surface area contributed by atoms with Gasteiger partial charge in [0.25, 0.3) is 0 Å². The first-order valence-corrected chi connectivity index (χ1v) is 11.2. The quantitative estimate of drug-likeness (QED) is 0.630. The molecular formula is C23H33N5O3. The van der Waals surface area contributed by atoms with Crippen molar-refractivity contribution in [2.75, 3.05) is 20.2 Å². The van der Waals surface area contributed by atoms with E-state index in [4.69, 9.17) is 4.74 Å². The molecule has 1 aliphatic heterocycles. The van der Waals surface area contributed by atoms with Crippen LogP contribution in [-0.4, -0.2) is 51.7 Å². The van der Waals surface area contributed by atoms with Gasteiger partial charge in [0.05, 0.1) is 19.1 Å². The summed E-state index contributed by atoms with van der Waals surface area (Å²) in [6.07, 6.45) is 5.12. The minimum absolute atomic E-state index is 0.0348. The predicted octanol–water partition coefficient (Wildman–Crippen LogP) is 2.75. The van der Waals surface area contributed by atoms with Crippen molar-refractivity contribution in [3.05, 3.63) is 42.0 Å². The molecule has 0 spiro atoms. The number of aryl methyl sites for hydroxylation is 1. The molecule has 8 nitrogen and oxygen atoms in total. The number of amides is 2. The smallest absolute Gasteiger partial charge is 0.225 e. The molecule has 2 atom stereocenters. The maximum Gasteiger partial charge on any atom is 0.225 e. The monoisotopic (exact) mass is 427 g/mol. The number of piperidine rings is 1. The van der Waals surface area contributed by atoms with Gasteiger partial charge < -0.3 is 19.5 Å². The number of aromatic nitrogens is 3. The van der Waals surface area contributed by atoms with E-state index in [2.05, 4.69) is 22.4 Å². The number of nitrogens with one attached hydrogen (secondary N) is 1. The number of hydrogen-bond donors (Lipinski definition) is 1. The highest BCUT2D eigenvalue weighted by Crippen LogP contribution is 2.40. The standard InChI is InChI=1S/C23H33N5O3/c1-4-6-15-28-21(29)12-11-18(22(28)17-9-7-8-10-19(17)31-3)23(30)24-14-13-20-26-25-16-27(20)5-2/h7-10,16,18,22H,4-6,11-15H2,1-3H3,(H,24,30). The molecule has 8 heteroatoms. The molecule has 2 unspecified atom stereocenters. The maximum atomic E-state index is 13.3. The van der Waals surface area contributed by atoms with Crippen LogP contribution in [0.3, 0.4) is 0 Å². The van der Waals surface area contributed by atoms with Gasteiger partial charge in [-0.05, 0) is 25.8 Å². The van der Waals surface area contributed by atoms with Crippen LogP contribution in [0.1, 0.15) is 57.0 Å². The van der Waals surface area contributed by atoms with E-state index < -0.39 is 0 Å². The molecule has 0 saturated carbocycles. The van der Waals surface area contributed by atoms with Crippen molar-refractivity contribution in [1.82, 2.24) is 25.0 Å². The van der Waals surface area contributed by atoms with Crippen LogP contribution >= 0.6 is 0 Å². The van der Waals surface area contributed by atoms with E-state index in [1.807, 2.05) is 40.7 Å². The Bertz CT molecular complexity index is 882. The number of carbonyl (C=O) groups excluding carboxylic acids is 2. The SMILES string of the molecule is CCCCN1C(=O)CCC(C(=O)NCCc2nncn2CC)C1c1ccccc1OC. The summed E-state index contributed by atoms with van der Waals surface area (Å²) in [5.74, 6) is 1.30. The van der Waals surface area contributed by atoms with Crippen LogP contribution in [0, 0.1) is 5.92 Å². The van der Waals surface area contributed by atoms with Crippen molar-refractivity contribution in [3.8, 4) is 5.75 Å². The number of hydrogen-bond acceptors (Lipinski definition) is 5.